The number of nitro benzene ring substituents is 1. The maximum absolute atomic E-state index is 12.1. The average Bonchev–Trinajstić information content (AvgIpc) is 2.59. The molecule has 0 aromatic heterocycles. The van der Waals surface area contributed by atoms with Gasteiger partial charge in [-0.15, -0.1) is 0 Å². The third kappa shape index (κ3) is 5.79. The molecule has 1 aromatic carbocycles. The third-order valence-corrected chi connectivity index (χ3v) is 4.85. The Hall–Kier alpha value is -2.50. The number of nitro groups is 1. The number of carbonyl (C=O) groups is 1. The quantitative estimate of drug-likeness (QED) is 0.246. The lowest BCUT2D eigenvalue weighted by molar-refractivity contribution is -0.384. The van der Waals surface area contributed by atoms with E-state index in [1.54, 1.807) is 12.1 Å². The molecule has 0 aliphatic heterocycles. The van der Waals surface area contributed by atoms with Crippen LogP contribution >= 0.6 is 0 Å². The topological polar surface area (TPSA) is 81.8 Å². The van der Waals surface area contributed by atoms with Gasteiger partial charge in [-0.05, 0) is 48.3 Å². The number of nitrogens with zero attached hydrogens (tertiary/aromatic N) is 2. The minimum Gasteiger partial charge on any atom is -0.459 e. The molecule has 1 aliphatic carbocycles. The van der Waals surface area contributed by atoms with Crippen molar-refractivity contribution >= 4 is 17.9 Å². The van der Waals surface area contributed by atoms with Crippen molar-refractivity contribution in [2.45, 2.75) is 46.1 Å². The summed E-state index contributed by atoms with van der Waals surface area (Å²) in [5, 5.41) is 10.6. The number of ether oxygens (including phenoxy) is 1. The van der Waals surface area contributed by atoms with Crippen LogP contribution in [0.5, 0.6) is 0 Å². The summed E-state index contributed by atoms with van der Waals surface area (Å²) in [6.07, 6.45) is 7.40. The highest BCUT2D eigenvalue weighted by Crippen LogP contribution is 2.35. The fourth-order valence-electron chi connectivity index (χ4n) is 3.35. The van der Waals surface area contributed by atoms with Crippen molar-refractivity contribution in [1.82, 2.24) is 0 Å². The van der Waals surface area contributed by atoms with Crippen molar-refractivity contribution in [1.29, 1.82) is 0 Å². The number of benzene rings is 1. The molecule has 0 N–H and O–H groups in total. The summed E-state index contributed by atoms with van der Waals surface area (Å²) in [6.45, 7) is 6.54. The molecule has 3 unspecified atom stereocenters. The van der Waals surface area contributed by atoms with Crippen LogP contribution in [-0.2, 0) is 9.53 Å². The van der Waals surface area contributed by atoms with E-state index in [1.807, 2.05) is 0 Å². The van der Waals surface area contributed by atoms with Gasteiger partial charge in [-0.3, -0.25) is 15.1 Å². The molecular formula is C20H26N2O4. The van der Waals surface area contributed by atoms with Gasteiger partial charge in [0.25, 0.3) is 5.69 Å². The van der Waals surface area contributed by atoms with E-state index in [2.05, 4.69) is 25.8 Å². The van der Waals surface area contributed by atoms with Crippen LogP contribution < -0.4 is 0 Å². The fraction of sp³-hybridized carbons (Fsp3) is 0.500. The van der Waals surface area contributed by atoms with E-state index < -0.39 is 4.92 Å². The Morgan fingerprint density at radius 2 is 2.00 bits per heavy atom. The molecule has 6 nitrogen and oxygen atoms in total. The van der Waals surface area contributed by atoms with Crippen LogP contribution in [-0.4, -0.2) is 23.2 Å². The molecule has 1 saturated carbocycles. The minimum absolute atomic E-state index is 0.0303. The third-order valence-electron chi connectivity index (χ3n) is 4.85. The number of rotatable bonds is 6. The molecule has 1 aliphatic rings. The standard InChI is InChI=1S/C20H26N2O4/c1-14(2)18-9-4-15(3)12-19(18)26-20(23)10-11-21-13-16-5-7-17(8-6-16)22(24)25/h5-8,10-11,13-15,18-19H,4,9,12H2,1-3H3/b11-10+,21-13?. The molecule has 0 radical (unpaired) electrons. The Labute approximate surface area is 154 Å². The molecule has 26 heavy (non-hydrogen) atoms. The number of non-ortho nitro benzene ring substituents is 1. The number of hydrogen-bond donors (Lipinski definition) is 0. The first-order chi connectivity index (χ1) is 12.4. The van der Waals surface area contributed by atoms with Gasteiger partial charge in [0, 0.05) is 30.6 Å². The normalized spacial score (nSPS) is 23.6. The second-order valence-corrected chi connectivity index (χ2v) is 7.24. The van der Waals surface area contributed by atoms with Crippen molar-refractivity contribution in [3.63, 3.8) is 0 Å². The van der Waals surface area contributed by atoms with Crippen molar-refractivity contribution in [2.75, 3.05) is 0 Å². The zero-order chi connectivity index (χ0) is 19.1. The Morgan fingerprint density at radius 3 is 2.62 bits per heavy atom. The second kappa shape index (κ2) is 9.27. The van der Waals surface area contributed by atoms with Gasteiger partial charge < -0.3 is 4.74 Å². The number of esters is 1. The van der Waals surface area contributed by atoms with E-state index in [1.165, 1.54) is 37.0 Å². The highest BCUT2D eigenvalue weighted by Gasteiger charge is 2.32. The zero-order valence-electron chi connectivity index (χ0n) is 15.5. The molecule has 0 amide bonds. The molecule has 140 valence electrons. The van der Waals surface area contributed by atoms with Crippen LogP contribution in [0, 0.1) is 27.9 Å². The van der Waals surface area contributed by atoms with Crippen molar-refractivity contribution in [3.05, 3.63) is 52.2 Å². The molecule has 2 rings (SSSR count). The Bertz CT molecular complexity index is 680. The predicted molar refractivity (Wildman–Crippen MR) is 101 cm³/mol. The van der Waals surface area contributed by atoms with E-state index >= 15 is 0 Å². The monoisotopic (exact) mass is 358 g/mol. The summed E-state index contributed by atoms with van der Waals surface area (Å²) in [5.41, 5.74) is 0.747. The lowest BCUT2D eigenvalue weighted by Crippen LogP contribution is -2.35. The van der Waals surface area contributed by atoms with Crippen LogP contribution in [0.2, 0.25) is 0 Å². The van der Waals surface area contributed by atoms with Gasteiger partial charge in [-0.25, -0.2) is 4.79 Å². The molecule has 1 aromatic rings. The second-order valence-electron chi connectivity index (χ2n) is 7.24. The first kappa shape index (κ1) is 19.8. The number of hydrogen-bond acceptors (Lipinski definition) is 5. The highest BCUT2D eigenvalue weighted by atomic mass is 16.6. The molecule has 3 atom stereocenters. The summed E-state index contributed by atoms with van der Waals surface area (Å²) < 4.78 is 5.66. The average molecular weight is 358 g/mol. The van der Waals surface area contributed by atoms with Gasteiger partial charge in [0.2, 0.25) is 0 Å². The molecule has 0 bridgehead atoms. The van der Waals surface area contributed by atoms with Crippen molar-refractivity contribution < 1.29 is 14.5 Å². The summed E-state index contributed by atoms with van der Waals surface area (Å²) in [7, 11) is 0. The first-order valence-electron chi connectivity index (χ1n) is 9.01. The molecule has 1 fully saturated rings. The largest absolute Gasteiger partial charge is 0.459 e. The summed E-state index contributed by atoms with van der Waals surface area (Å²) in [6, 6.07) is 6.03. The Balaban J connectivity index is 1.88. The van der Waals surface area contributed by atoms with E-state index in [-0.39, 0.29) is 17.8 Å². The SMILES string of the molecule is CC1CCC(C(C)C)C(OC(=O)/C=C/N=Cc2ccc([N+](=O)[O-])cc2)C1. The number of aliphatic imine (C=N–C) groups is 1. The molecular weight excluding hydrogens is 332 g/mol. The van der Waals surface area contributed by atoms with E-state index in [9.17, 15) is 14.9 Å². The van der Waals surface area contributed by atoms with Crippen LogP contribution in [0.25, 0.3) is 0 Å². The fourth-order valence-corrected chi connectivity index (χ4v) is 3.35. The number of carbonyl (C=O) groups excluding carboxylic acids is 1. The summed E-state index contributed by atoms with van der Waals surface area (Å²) in [4.78, 5) is 26.3. The van der Waals surface area contributed by atoms with Gasteiger partial charge in [0.05, 0.1) is 4.92 Å². The zero-order valence-corrected chi connectivity index (χ0v) is 15.5. The van der Waals surface area contributed by atoms with Crippen LogP contribution in [0.3, 0.4) is 0 Å². The van der Waals surface area contributed by atoms with Gasteiger partial charge in [-0.2, -0.15) is 0 Å². The molecule has 0 spiro atoms. The molecule has 0 heterocycles. The Kier molecular flexibility index (Phi) is 7.06. The first-order valence-corrected chi connectivity index (χ1v) is 9.01. The molecule has 0 saturated heterocycles. The van der Waals surface area contributed by atoms with E-state index in [4.69, 9.17) is 4.74 Å². The van der Waals surface area contributed by atoms with E-state index in [0.717, 1.165) is 18.4 Å². The lowest BCUT2D eigenvalue weighted by Gasteiger charge is -2.36. The minimum atomic E-state index is -0.451. The van der Waals surface area contributed by atoms with E-state index in [0.29, 0.717) is 17.8 Å². The van der Waals surface area contributed by atoms with Gasteiger partial charge >= 0.3 is 5.97 Å². The van der Waals surface area contributed by atoms with Crippen LogP contribution in [0.4, 0.5) is 5.69 Å². The molecule has 6 heteroatoms. The van der Waals surface area contributed by atoms with Gasteiger partial charge in [0.1, 0.15) is 6.10 Å². The van der Waals surface area contributed by atoms with Gasteiger partial charge in [-0.1, -0.05) is 27.2 Å². The predicted octanol–water partition coefficient (Wildman–Crippen LogP) is 4.53. The maximum atomic E-state index is 12.1. The lowest BCUT2D eigenvalue weighted by atomic mass is 9.75. The summed E-state index contributed by atoms with van der Waals surface area (Å²) >= 11 is 0. The van der Waals surface area contributed by atoms with Crippen LogP contribution in [0.15, 0.2) is 41.5 Å². The van der Waals surface area contributed by atoms with Gasteiger partial charge in [0.15, 0.2) is 0 Å². The Morgan fingerprint density at radius 1 is 1.31 bits per heavy atom. The van der Waals surface area contributed by atoms with Crippen LogP contribution in [0.1, 0.15) is 45.6 Å². The van der Waals surface area contributed by atoms with Crippen molar-refractivity contribution in [2.24, 2.45) is 22.7 Å². The maximum Gasteiger partial charge on any atom is 0.332 e. The smallest absolute Gasteiger partial charge is 0.332 e. The summed E-state index contributed by atoms with van der Waals surface area (Å²) in [5.74, 6) is 1.10. The highest BCUT2D eigenvalue weighted by molar-refractivity contribution is 5.84. The van der Waals surface area contributed by atoms with Crippen molar-refractivity contribution in [3.8, 4) is 0 Å².